The standard InChI is InChI=1S/C29H36F4O/c1-3-34-25-17-14-22(26(30)29(25)33)13-8-19-6-11-21(12-7-19)24-16-15-23(27(31)28(24)32)20-9-4-18(2)5-10-20/h14-21H,3-13H2,1-2H3. The Labute approximate surface area is 200 Å². The van der Waals surface area contributed by atoms with Crippen molar-refractivity contribution in [3.05, 3.63) is 64.2 Å². The fraction of sp³-hybridized carbons (Fsp3) is 0.586. The molecule has 0 heterocycles. The van der Waals surface area contributed by atoms with Crippen LogP contribution in [-0.4, -0.2) is 6.61 Å². The second-order valence-electron chi connectivity index (χ2n) is 10.4. The van der Waals surface area contributed by atoms with Crippen molar-refractivity contribution in [1.29, 1.82) is 0 Å². The first-order valence-electron chi connectivity index (χ1n) is 13.0. The van der Waals surface area contributed by atoms with E-state index >= 15 is 4.39 Å². The molecule has 2 fully saturated rings. The first-order chi connectivity index (χ1) is 16.4. The van der Waals surface area contributed by atoms with Gasteiger partial charge < -0.3 is 4.74 Å². The van der Waals surface area contributed by atoms with Crippen molar-refractivity contribution in [2.75, 3.05) is 6.61 Å². The molecule has 2 aliphatic carbocycles. The van der Waals surface area contributed by atoms with Crippen LogP contribution in [0.2, 0.25) is 0 Å². The lowest BCUT2D eigenvalue weighted by molar-refractivity contribution is 0.300. The summed E-state index contributed by atoms with van der Waals surface area (Å²) in [4.78, 5) is 0. The highest BCUT2D eigenvalue weighted by Crippen LogP contribution is 2.42. The predicted molar refractivity (Wildman–Crippen MR) is 127 cm³/mol. The van der Waals surface area contributed by atoms with Crippen LogP contribution in [0.4, 0.5) is 17.6 Å². The molecule has 0 bridgehead atoms. The van der Waals surface area contributed by atoms with Crippen LogP contribution >= 0.6 is 0 Å². The second-order valence-corrected chi connectivity index (χ2v) is 10.4. The summed E-state index contributed by atoms with van der Waals surface area (Å²) in [6, 6.07) is 6.73. The van der Waals surface area contributed by atoms with Gasteiger partial charge in [-0.3, -0.25) is 0 Å². The minimum Gasteiger partial charge on any atom is -0.491 e. The molecule has 2 saturated carbocycles. The smallest absolute Gasteiger partial charge is 0.200 e. The van der Waals surface area contributed by atoms with E-state index in [0.717, 1.165) is 57.8 Å². The molecule has 5 heteroatoms. The van der Waals surface area contributed by atoms with Crippen LogP contribution in [0.25, 0.3) is 0 Å². The van der Waals surface area contributed by atoms with Crippen molar-refractivity contribution in [3.63, 3.8) is 0 Å². The van der Waals surface area contributed by atoms with E-state index in [9.17, 15) is 13.2 Å². The third-order valence-electron chi connectivity index (χ3n) is 8.13. The Kier molecular flexibility index (Phi) is 8.21. The lowest BCUT2D eigenvalue weighted by atomic mass is 9.75. The van der Waals surface area contributed by atoms with E-state index in [-0.39, 0.29) is 24.2 Å². The molecule has 0 amide bonds. The Morgan fingerprint density at radius 3 is 1.82 bits per heavy atom. The van der Waals surface area contributed by atoms with Crippen molar-refractivity contribution in [1.82, 2.24) is 0 Å². The van der Waals surface area contributed by atoms with Crippen LogP contribution in [-0.2, 0) is 6.42 Å². The Balaban J connectivity index is 1.33. The minimum absolute atomic E-state index is 0.0193. The Morgan fingerprint density at radius 1 is 0.706 bits per heavy atom. The Bertz CT molecular complexity index is 973. The molecule has 0 radical (unpaired) electrons. The third kappa shape index (κ3) is 5.44. The highest BCUT2D eigenvalue weighted by Gasteiger charge is 2.29. The average molecular weight is 477 g/mol. The molecule has 2 aromatic carbocycles. The molecular formula is C29H36F4O. The maximum Gasteiger partial charge on any atom is 0.200 e. The van der Waals surface area contributed by atoms with Gasteiger partial charge in [-0.25, -0.2) is 13.2 Å². The van der Waals surface area contributed by atoms with E-state index in [0.29, 0.717) is 34.9 Å². The summed E-state index contributed by atoms with van der Waals surface area (Å²) >= 11 is 0. The van der Waals surface area contributed by atoms with Gasteiger partial charge in [0, 0.05) is 0 Å². The van der Waals surface area contributed by atoms with Gasteiger partial charge in [-0.1, -0.05) is 38.0 Å². The molecule has 2 aliphatic rings. The summed E-state index contributed by atoms with van der Waals surface area (Å²) < 4.78 is 63.6. The summed E-state index contributed by atoms with van der Waals surface area (Å²) in [7, 11) is 0. The van der Waals surface area contributed by atoms with Crippen LogP contribution in [0.3, 0.4) is 0 Å². The third-order valence-corrected chi connectivity index (χ3v) is 8.13. The zero-order chi connectivity index (χ0) is 24.2. The predicted octanol–water partition coefficient (Wildman–Crippen LogP) is 8.84. The molecule has 0 spiro atoms. The number of hydrogen-bond acceptors (Lipinski definition) is 1. The molecule has 0 saturated heterocycles. The first-order valence-corrected chi connectivity index (χ1v) is 13.0. The van der Waals surface area contributed by atoms with Gasteiger partial charge in [0.25, 0.3) is 0 Å². The van der Waals surface area contributed by atoms with Crippen LogP contribution < -0.4 is 4.74 Å². The fourth-order valence-electron chi connectivity index (χ4n) is 5.93. The molecule has 4 rings (SSSR count). The maximum absolute atomic E-state index is 15.1. The zero-order valence-electron chi connectivity index (χ0n) is 20.3. The van der Waals surface area contributed by atoms with Crippen LogP contribution in [0.1, 0.15) is 100 Å². The fourth-order valence-corrected chi connectivity index (χ4v) is 5.93. The van der Waals surface area contributed by atoms with Gasteiger partial charge in [-0.05, 0) is 105 Å². The van der Waals surface area contributed by atoms with Gasteiger partial charge in [0.1, 0.15) is 0 Å². The van der Waals surface area contributed by atoms with Crippen LogP contribution in [0.15, 0.2) is 24.3 Å². The summed E-state index contributed by atoms with van der Waals surface area (Å²) in [5, 5.41) is 0. The van der Waals surface area contributed by atoms with Crippen LogP contribution in [0, 0.1) is 35.1 Å². The molecule has 0 N–H and O–H groups in total. The van der Waals surface area contributed by atoms with E-state index in [1.807, 2.05) is 12.1 Å². The van der Waals surface area contributed by atoms with Crippen molar-refractivity contribution in [2.24, 2.45) is 11.8 Å². The summed E-state index contributed by atoms with van der Waals surface area (Å²) in [6.45, 7) is 4.24. The highest BCUT2D eigenvalue weighted by atomic mass is 19.2. The zero-order valence-corrected chi connectivity index (χ0v) is 20.3. The number of halogens is 4. The lowest BCUT2D eigenvalue weighted by Crippen LogP contribution is -2.17. The summed E-state index contributed by atoms with van der Waals surface area (Å²) in [5.41, 5.74) is 1.42. The molecular weight excluding hydrogens is 440 g/mol. The van der Waals surface area contributed by atoms with Gasteiger partial charge in [-0.15, -0.1) is 0 Å². The van der Waals surface area contributed by atoms with Gasteiger partial charge in [0.2, 0.25) is 5.82 Å². The number of ether oxygens (including phenoxy) is 1. The molecule has 186 valence electrons. The molecule has 0 aliphatic heterocycles. The lowest BCUT2D eigenvalue weighted by Gasteiger charge is -2.30. The molecule has 0 atom stereocenters. The molecule has 0 unspecified atom stereocenters. The Hall–Kier alpha value is -2.04. The largest absolute Gasteiger partial charge is 0.491 e. The number of rotatable bonds is 7. The first kappa shape index (κ1) is 25.1. The molecule has 34 heavy (non-hydrogen) atoms. The topological polar surface area (TPSA) is 9.23 Å². The molecule has 0 aromatic heterocycles. The quantitative estimate of drug-likeness (QED) is 0.363. The summed E-state index contributed by atoms with van der Waals surface area (Å²) in [5.74, 6) is -1.92. The maximum atomic E-state index is 15.1. The van der Waals surface area contributed by atoms with Crippen LogP contribution in [0.5, 0.6) is 5.75 Å². The number of benzene rings is 2. The average Bonchev–Trinajstić information content (AvgIpc) is 2.84. The van der Waals surface area contributed by atoms with Crippen molar-refractivity contribution in [2.45, 2.75) is 89.9 Å². The minimum atomic E-state index is -0.924. The normalized spacial score (nSPS) is 25.4. The van der Waals surface area contributed by atoms with Gasteiger partial charge in [0.05, 0.1) is 6.61 Å². The highest BCUT2D eigenvalue weighted by molar-refractivity contribution is 5.32. The van der Waals surface area contributed by atoms with Gasteiger partial charge in [0.15, 0.2) is 23.2 Å². The van der Waals surface area contributed by atoms with E-state index in [4.69, 9.17) is 4.74 Å². The van der Waals surface area contributed by atoms with E-state index in [2.05, 4.69) is 6.92 Å². The van der Waals surface area contributed by atoms with Crippen molar-refractivity contribution >= 4 is 0 Å². The van der Waals surface area contributed by atoms with E-state index < -0.39 is 23.3 Å². The number of hydrogen-bond donors (Lipinski definition) is 0. The summed E-state index contributed by atoms with van der Waals surface area (Å²) in [6.07, 6.45) is 8.58. The second kappa shape index (κ2) is 11.1. The molecule has 1 nitrogen and oxygen atoms in total. The SMILES string of the molecule is CCOc1ccc(CCC2CCC(c3ccc(C4CCC(C)CC4)c(F)c3F)CC2)c(F)c1F. The molecule has 2 aromatic rings. The van der Waals surface area contributed by atoms with E-state index in [1.165, 1.54) is 6.07 Å². The Morgan fingerprint density at radius 2 is 1.26 bits per heavy atom. The van der Waals surface area contributed by atoms with Gasteiger partial charge in [-0.2, -0.15) is 4.39 Å². The van der Waals surface area contributed by atoms with Gasteiger partial charge >= 0.3 is 0 Å². The monoisotopic (exact) mass is 476 g/mol. The van der Waals surface area contributed by atoms with Crippen molar-refractivity contribution < 1.29 is 22.3 Å². The van der Waals surface area contributed by atoms with Crippen molar-refractivity contribution in [3.8, 4) is 5.75 Å². The van der Waals surface area contributed by atoms with E-state index in [1.54, 1.807) is 13.0 Å². The number of aryl methyl sites for hydroxylation is 1.